The van der Waals surface area contributed by atoms with Crippen LogP contribution in [0.2, 0.25) is 0 Å². The number of benzene rings is 3. The van der Waals surface area contributed by atoms with Crippen LogP contribution in [-0.4, -0.2) is 24.5 Å². The van der Waals surface area contributed by atoms with Gasteiger partial charge in [-0.3, -0.25) is 9.78 Å². The molecule has 7 heteroatoms. The molecule has 1 atom stereocenters. The average Bonchev–Trinajstić information content (AvgIpc) is 2.96. The highest BCUT2D eigenvalue weighted by Gasteiger charge is 2.22. The molecule has 186 valence electrons. The van der Waals surface area contributed by atoms with E-state index in [2.05, 4.69) is 21.7 Å². The molecule has 7 nitrogen and oxygen atoms in total. The third-order valence-corrected chi connectivity index (χ3v) is 5.75. The minimum absolute atomic E-state index is 0.194. The zero-order valence-electron chi connectivity index (χ0n) is 20.6. The Labute approximate surface area is 216 Å². The van der Waals surface area contributed by atoms with E-state index in [1.165, 1.54) is 0 Å². The number of carbonyl (C=O) groups excluding carboxylic acids is 1. The lowest BCUT2D eigenvalue weighted by Crippen LogP contribution is -2.34. The van der Waals surface area contributed by atoms with Gasteiger partial charge in [0.05, 0.1) is 18.7 Å². The number of carbonyl (C=O) groups is 1. The van der Waals surface area contributed by atoms with Crippen molar-refractivity contribution >= 4 is 11.6 Å². The zero-order chi connectivity index (χ0) is 25.9. The Morgan fingerprint density at radius 2 is 1.76 bits per heavy atom. The van der Waals surface area contributed by atoms with Crippen molar-refractivity contribution in [3.8, 4) is 17.6 Å². The van der Waals surface area contributed by atoms with E-state index >= 15 is 0 Å². The molecular formula is C30H28N4O3. The lowest BCUT2D eigenvalue weighted by molar-refractivity contribution is -0.121. The largest absolute Gasteiger partial charge is 0.493 e. The maximum absolute atomic E-state index is 13.3. The summed E-state index contributed by atoms with van der Waals surface area (Å²) in [6.07, 6.45) is 2.35. The quantitative estimate of drug-likeness (QED) is 0.304. The van der Waals surface area contributed by atoms with Crippen LogP contribution in [0, 0.1) is 11.3 Å². The summed E-state index contributed by atoms with van der Waals surface area (Å²) in [7, 11) is 1.57. The second kappa shape index (κ2) is 12.8. The van der Waals surface area contributed by atoms with Crippen LogP contribution in [0.1, 0.15) is 28.4 Å². The summed E-state index contributed by atoms with van der Waals surface area (Å²) in [6, 6.07) is 29.4. The summed E-state index contributed by atoms with van der Waals surface area (Å²) in [5.74, 6) is 0.921. The number of nitrogens with one attached hydrogen (secondary N) is 2. The highest BCUT2D eigenvalue weighted by molar-refractivity contribution is 5.86. The van der Waals surface area contributed by atoms with E-state index in [4.69, 9.17) is 14.7 Å². The number of nitrogens with zero attached hydrogens (tertiary/aromatic N) is 2. The Hall–Kier alpha value is -4.83. The molecule has 0 bridgehead atoms. The Morgan fingerprint density at radius 1 is 0.973 bits per heavy atom. The van der Waals surface area contributed by atoms with Gasteiger partial charge in [0.25, 0.3) is 0 Å². The van der Waals surface area contributed by atoms with Crippen LogP contribution < -0.4 is 20.1 Å². The maximum atomic E-state index is 13.3. The SMILES string of the molecule is COc1cc(C(Nc2ccc(C#N)cc2)C(=O)NCCc2ccccn2)ccc1OCc1ccccc1. The summed E-state index contributed by atoms with van der Waals surface area (Å²) in [5, 5.41) is 15.4. The smallest absolute Gasteiger partial charge is 0.247 e. The predicted molar refractivity (Wildman–Crippen MR) is 142 cm³/mol. The summed E-state index contributed by atoms with van der Waals surface area (Å²) >= 11 is 0. The number of aromatic nitrogens is 1. The number of anilines is 1. The molecule has 1 heterocycles. The summed E-state index contributed by atoms with van der Waals surface area (Å²) < 4.78 is 11.6. The van der Waals surface area contributed by atoms with E-state index in [9.17, 15) is 4.79 Å². The second-order valence-corrected chi connectivity index (χ2v) is 8.31. The molecule has 1 unspecified atom stereocenters. The van der Waals surface area contributed by atoms with Gasteiger partial charge in [0.2, 0.25) is 5.91 Å². The molecule has 0 aliphatic carbocycles. The van der Waals surface area contributed by atoms with Gasteiger partial charge < -0.3 is 20.1 Å². The number of hydrogen-bond donors (Lipinski definition) is 2. The standard InChI is InChI=1S/C30H28N4O3/c1-36-28-19-24(12-15-27(28)37-21-23-7-3-2-4-8-23)29(34-26-13-10-22(20-31)11-14-26)30(35)33-18-16-25-9-5-6-17-32-25/h2-15,17,19,29,34H,16,18,21H2,1H3,(H,33,35). The van der Waals surface area contributed by atoms with E-state index in [0.717, 1.165) is 11.3 Å². The molecule has 4 rings (SSSR count). The third kappa shape index (κ3) is 7.09. The Kier molecular flexibility index (Phi) is 8.71. The first-order chi connectivity index (χ1) is 18.2. The third-order valence-electron chi connectivity index (χ3n) is 5.75. The first-order valence-electron chi connectivity index (χ1n) is 12.0. The number of pyridine rings is 1. The molecule has 1 aromatic heterocycles. The van der Waals surface area contributed by atoms with Gasteiger partial charge in [-0.1, -0.05) is 42.5 Å². The molecule has 3 aromatic carbocycles. The molecule has 1 amide bonds. The lowest BCUT2D eigenvalue weighted by atomic mass is 10.0. The van der Waals surface area contributed by atoms with Crippen molar-refractivity contribution in [1.82, 2.24) is 10.3 Å². The normalized spacial score (nSPS) is 11.1. The zero-order valence-corrected chi connectivity index (χ0v) is 20.6. The second-order valence-electron chi connectivity index (χ2n) is 8.31. The molecule has 4 aromatic rings. The number of ether oxygens (including phenoxy) is 2. The number of nitriles is 1. The van der Waals surface area contributed by atoms with Crippen molar-refractivity contribution in [3.05, 3.63) is 120 Å². The van der Waals surface area contributed by atoms with Crippen molar-refractivity contribution in [2.45, 2.75) is 19.1 Å². The summed E-state index contributed by atoms with van der Waals surface area (Å²) in [6.45, 7) is 0.842. The Bertz CT molecular complexity index is 1340. The first-order valence-corrected chi connectivity index (χ1v) is 12.0. The van der Waals surface area contributed by atoms with E-state index < -0.39 is 6.04 Å². The van der Waals surface area contributed by atoms with Crippen LogP contribution in [0.5, 0.6) is 11.5 Å². The van der Waals surface area contributed by atoms with Gasteiger partial charge in [0.1, 0.15) is 12.6 Å². The van der Waals surface area contributed by atoms with E-state index in [1.54, 1.807) is 43.6 Å². The van der Waals surface area contributed by atoms with Crippen molar-refractivity contribution in [2.24, 2.45) is 0 Å². The van der Waals surface area contributed by atoms with Crippen molar-refractivity contribution in [2.75, 3.05) is 19.0 Å². The fourth-order valence-corrected chi connectivity index (χ4v) is 3.79. The Morgan fingerprint density at radius 3 is 2.46 bits per heavy atom. The molecular weight excluding hydrogens is 464 g/mol. The Balaban J connectivity index is 1.52. The van der Waals surface area contributed by atoms with Crippen LogP contribution >= 0.6 is 0 Å². The van der Waals surface area contributed by atoms with E-state index in [1.807, 2.05) is 60.7 Å². The number of methoxy groups -OCH3 is 1. The van der Waals surface area contributed by atoms with Crippen LogP contribution in [0.4, 0.5) is 5.69 Å². The van der Waals surface area contributed by atoms with Gasteiger partial charge >= 0.3 is 0 Å². The van der Waals surface area contributed by atoms with Gasteiger partial charge in [0.15, 0.2) is 11.5 Å². The fourth-order valence-electron chi connectivity index (χ4n) is 3.79. The molecule has 0 fully saturated rings. The van der Waals surface area contributed by atoms with Gasteiger partial charge in [-0.15, -0.1) is 0 Å². The first kappa shape index (κ1) is 25.3. The van der Waals surface area contributed by atoms with E-state index in [0.29, 0.717) is 47.9 Å². The molecule has 0 aliphatic rings. The summed E-state index contributed by atoms with van der Waals surface area (Å²) in [4.78, 5) is 17.6. The highest BCUT2D eigenvalue weighted by Crippen LogP contribution is 2.32. The molecule has 37 heavy (non-hydrogen) atoms. The van der Waals surface area contributed by atoms with Gasteiger partial charge in [-0.25, -0.2) is 0 Å². The van der Waals surface area contributed by atoms with Gasteiger partial charge in [0, 0.05) is 30.5 Å². The molecule has 0 saturated heterocycles. The number of rotatable bonds is 11. The molecule has 0 saturated carbocycles. The minimum atomic E-state index is -0.700. The molecule has 0 radical (unpaired) electrons. The number of amides is 1. The van der Waals surface area contributed by atoms with Crippen LogP contribution in [0.15, 0.2) is 97.2 Å². The molecule has 2 N–H and O–H groups in total. The van der Waals surface area contributed by atoms with Crippen molar-refractivity contribution in [3.63, 3.8) is 0 Å². The highest BCUT2D eigenvalue weighted by atomic mass is 16.5. The molecule has 0 spiro atoms. The van der Waals surface area contributed by atoms with Gasteiger partial charge in [-0.2, -0.15) is 5.26 Å². The van der Waals surface area contributed by atoms with Crippen LogP contribution in [0.25, 0.3) is 0 Å². The monoisotopic (exact) mass is 492 g/mol. The summed E-state index contributed by atoms with van der Waals surface area (Å²) in [5.41, 5.74) is 3.92. The number of hydrogen-bond acceptors (Lipinski definition) is 6. The molecule has 0 aliphatic heterocycles. The topological polar surface area (TPSA) is 96.3 Å². The predicted octanol–water partition coefficient (Wildman–Crippen LogP) is 5.05. The lowest BCUT2D eigenvalue weighted by Gasteiger charge is -2.21. The van der Waals surface area contributed by atoms with Crippen molar-refractivity contribution in [1.29, 1.82) is 5.26 Å². The average molecular weight is 493 g/mol. The fraction of sp³-hybridized carbons (Fsp3) is 0.167. The van der Waals surface area contributed by atoms with E-state index in [-0.39, 0.29) is 5.91 Å². The van der Waals surface area contributed by atoms with Crippen LogP contribution in [-0.2, 0) is 17.8 Å². The maximum Gasteiger partial charge on any atom is 0.247 e. The van der Waals surface area contributed by atoms with Crippen molar-refractivity contribution < 1.29 is 14.3 Å². The van der Waals surface area contributed by atoms with Gasteiger partial charge in [-0.05, 0) is 59.7 Å². The van der Waals surface area contributed by atoms with Crippen LogP contribution in [0.3, 0.4) is 0 Å². The minimum Gasteiger partial charge on any atom is -0.493 e.